The monoisotopic (exact) mass is 351 g/mol. The van der Waals surface area contributed by atoms with Crippen molar-refractivity contribution in [1.82, 2.24) is 4.90 Å². The van der Waals surface area contributed by atoms with E-state index in [0.29, 0.717) is 16.0 Å². The number of thiophene rings is 1. The minimum absolute atomic E-state index is 0.335. The van der Waals surface area contributed by atoms with Crippen LogP contribution in [0.1, 0.15) is 36.0 Å². The highest BCUT2D eigenvalue weighted by molar-refractivity contribution is 7.21. The van der Waals surface area contributed by atoms with Crippen LogP contribution in [0, 0.1) is 6.92 Å². The summed E-state index contributed by atoms with van der Waals surface area (Å²) in [5, 5.41) is 1.00. The third kappa shape index (κ3) is 2.42. The molecule has 0 spiro atoms. The van der Waals surface area contributed by atoms with Gasteiger partial charge in [0.2, 0.25) is 0 Å². The zero-order valence-electron chi connectivity index (χ0n) is 13.3. The summed E-state index contributed by atoms with van der Waals surface area (Å²) in [6.07, 6.45) is 0. The molecule has 0 saturated heterocycles. The molecule has 1 aliphatic rings. The summed E-state index contributed by atoms with van der Waals surface area (Å²) in [6.45, 7) is 1.47. The summed E-state index contributed by atoms with van der Waals surface area (Å²) in [4.78, 5) is 38.4. The van der Waals surface area contributed by atoms with Gasteiger partial charge < -0.3 is 4.74 Å². The molecular formula is C19H13NO4S. The summed E-state index contributed by atoms with van der Waals surface area (Å²) >= 11 is 1.34. The van der Waals surface area contributed by atoms with Crippen molar-refractivity contribution < 1.29 is 19.1 Å². The predicted molar refractivity (Wildman–Crippen MR) is 93.8 cm³/mol. The topological polar surface area (TPSA) is 63.7 Å². The number of nitrogens with zero attached hydrogens (tertiary/aromatic N) is 1. The van der Waals surface area contributed by atoms with Gasteiger partial charge in [-0.25, -0.2) is 9.69 Å². The molecule has 0 fully saturated rings. The van der Waals surface area contributed by atoms with Gasteiger partial charge in [0.1, 0.15) is 4.88 Å². The number of benzene rings is 2. The average molecular weight is 351 g/mol. The minimum Gasteiger partial charge on any atom is -0.439 e. The number of esters is 1. The van der Waals surface area contributed by atoms with E-state index >= 15 is 0 Å². The van der Waals surface area contributed by atoms with Gasteiger partial charge in [0, 0.05) is 4.70 Å². The molecule has 2 aromatic carbocycles. The Morgan fingerprint density at radius 2 is 1.60 bits per heavy atom. The number of imide groups is 1. The zero-order chi connectivity index (χ0) is 17.6. The van der Waals surface area contributed by atoms with E-state index in [0.717, 1.165) is 20.5 Å². The Labute approximate surface area is 147 Å². The van der Waals surface area contributed by atoms with Gasteiger partial charge in [-0.1, -0.05) is 30.3 Å². The van der Waals surface area contributed by atoms with Crippen LogP contribution in [0.25, 0.3) is 10.1 Å². The minimum atomic E-state index is -0.532. The predicted octanol–water partition coefficient (Wildman–Crippen LogP) is 3.62. The Hall–Kier alpha value is -2.99. The van der Waals surface area contributed by atoms with Crippen LogP contribution < -0.4 is 0 Å². The first-order valence-corrected chi connectivity index (χ1v) is 8.50. The molecule has 3 aromatic rings. The van der Waals surface area contributed by atoms with E-state index in [2.05, 4.69) is 0 Å². The van der Waals surface area contributed by atoms with Crippen molar-refractivity contribution in [2.24, 2.45) is 0 Å². The molecule has 0 atom stereocenters. The third-order valence-electron chi connectivity index (χ3n) is 4.23. The number of carbonyl (C=O) groups excluding carboxylic acids is 3. The molecule has 1 aromatic heterocycles. The molecule has 5 nitrogen and oxygen atoms in total. The van der Waals surface area contributed by atoms with Crippen LogP contribution >= 0.6 is 11.3 Å². The molecular weight excluding hydrogens is 338 g/mol. The Morgan fingerprint density at radius 3 is 2.24 bits per heavy atom. The molecule has 4 rings (SSSR count). The summed E-state index contributed by atoms with van der Waals surface area (Å²) in [7, 11) is 0. The van der Waals surface area contributed by atoms with Crippen molar-refractivity contribution in [1.29, 1.82) is 0 Å². The Morgan fingerprint density at radius 1 is 1.00 bits per heavy atom. The number of rotatable bonds is 3. The number of ether oxygens (including phenoxy) is 1. The van der Waals surface area contributed by atoms with Crippen LogP contribution in [0.3, 0.4) is 0 Å². The largest absolute Gasteiger partial charge is 0.439 e. The highest BCUT2D eigenvalue weighted by Gasteiger charge is 2.36. The summed E-state index contributed by atoms with van der Waals surface area (Å²) in [5.74, 6) is -1.42. The number of hydrogen-bond acceptors (Lipinski definition) is 5. The van der Waals surface area contributed by atoms with E-state index in [1.54, 1.807) is 24.3 Å². The second-order valence-electron chi connectivity index (χ2n) is 5.70. The summed E-state index contributed by atoms with van der Waals surface area (Å²) in [6, 6.07) is 14.3. The lowest BCUT2D eigenvalue weighted by Crippen LogP contribution is -2.33. The van der Waals surface area contributed by atoms with Crippen LogP contribution in [0.15, 0.2) is 48.5 Å². The van der Waals surface area contributed by atoms with Crippen molar-refractivity contribution in [2.75, 3.05) is 6.73 Å². The van der Waals surface area contributed by atoms with Gasteiger partial charge in [0.25, 0.3) is 11.8 Å². The first-order valence-electron chi connectivity index (χ1n) is 7.68. The molecule has 2 heterocycles. The molecule has 0 N–H and O–H groups in total. The molecule has 0 bridgehead atoms. The second-order valence-corrected chi connectivity index (χ2v) is 6.75. The van der Waals surface area contributed by atoms with E-state index in [-0.39, 0.29) is 0 Å². The van der Waals surface area contributed by atoms with Crippen molar-refractivity contribution in [3.8, 4) is 0 Å². The Balaban J connectivity index is 1.54. The van der Waals surface area contributed by atoms with Gasteiger partial charge in [0.05, 0.1) is 11.1 Å². The maximum Gasteiger partial charge on any atom is 0.350 e. The Bertz CT molecular complexity index is 1000. The van der Waals surface area contributed by atoms with Crippen LogP contribution in [-0.4, -0.2) is 29.4 Å². The quantitative estimate of drug-likeness (QED) is 0.534. The van der Waals surface area contributed by atoms with Crippen LogP contribution in [-0.2, 0) is 4.74 Å². The maximum absolute atomic E-state index is 12.4. The lowest BCUT2D eigenvalue weighted by molar-refractivity contribution is 0.0231. The molecule has 6 heteroatoms. The van der Waals surface area contributed by atoms with Crippen molar-refractivity contribution in [2.45, 2.75) is 6.92 Å². The van der Waals surface area contributed by atoms with Gasteiger partial charge in [-0.2, -0.15) is 0 Å². The van der Waals surface area contributed by atoms with Crippen LogP contribution in [0.5, 0.6) is 0 Å². The molecule has 2 amide bonds. The maximum atomic E-state index is 12.4. The highest BCUT2D eigenvalue weighted by Crippen LogP contribution is 2.31. The number of hydrogen-bond donors (Lipinski definition) is 0. The van der Waals surface area contributed by atoms with Crippen molar-refractivity contribution in [3.05, 3.63) is 70.1 Å². The number of amides is 2. The lowest BCUT2D eigenvalue weighted by Gasteiger charge is -2.13. The normalized spacial score (nSPS) is 13.4. The SMILES string of the molecule is Cc1c(C(=O)OCN2C(=O)c3ccccc3C2=O)sc2ccccc12. The fourth-order valence-electron chi connectivity index (χ4n) is 2.91. The molecule has 0 unspecified atom stereocenters. The first-order chi connectivity index (χ1) is 12.1. The first kappa shape index (κ1) is 15.5. The standard InChI is InChI=1S/C19H13NO4S/c1-11-12-6-4-5-9-15(12)25-16(11)19(23)24-10-20-17(21)13-7-2-3-8-14(13)18(20)22/h2-9H,10H2,1H3. The van der Waals surface area contributed by atoms with Gasteiger partial charge in [-0.3, -0.25) is 9.59 Å². The van der Waals surface area contributed by atoms with Gasteiger partial charge >= 0.3 is 5.97 Å². The Kier molecular flexibility index (Phi) is 3.62. The molecule has 124 valence electrons. The fraction of sp³-hybridized carbons (Fsp3) is 0.105. The third-order valence-corrected chi connectivity index (χ3v) is 5.48. The summed E-state index contributed by atoms with van der Waals surface area (Å²) in [5.41, 5.74) is 1.51. The van der Waals surface area contributed by atoms with E-state index in [4.69, 9.17) is 4.74 Å². The van der Waals surface area contributed by atoms with E-state index in [1.165, 1.54) is 11.3 Å². The average Bonchev–Trinajstić information content (AvgIpc) is 3.09. The molecule has 0 aliphatic carbocycles. The zero-order valence-corrected chi connectivity index (χ0v) is 14.1. The van der Waals surface area contributed by atoms with Crippen molar-refractivity contribution in [3.63, 3.8) is 0 Å². The molecule has 0 saturated carbocycles. The highest BCUT2D eigenvalue weighted by atomic mass is 32.1. The van der Waals surface area contributed by atoms with Gasteiger partial charge in [-0.05, 0) is 36.1 Å². The lowest BCUT2D eigenvalue weighted by atomic mass is 10.1. The number of fused-ring (bicyclic) bond motifs is 2. The van der Waals surface area contributed by atoms with Gasteiger partial charge in [0.15, 0.2) is 6.73 Å². The molecule has 25 heavy (non-hydrogen) atoms. The summed E-state index contributed by atoms with van der Waals surface area (Å²) < 4.78 is 6.24. The van der Waals surface area contributed by atoms with E-state index in [1.807, 2.05) is 31.2 Å². The van der Waals surface area contributed by atoms with Gasteiger partial charge in [-0.15, -0.1) is 11.3 Å². The van der Waals surface area contributed by atoms with Crippen LogP contribution in [0.2, 0.25) is 0 Å². The van der Waals surface area contributed by atoms with E-state index in [9.17, 15) is 14.4 Å². The van der Waals surface area contributed by atoms with E-state index < -0.39 is 24.5 Å². The molecule has 0 radical (unpaired) electrons. The van der Waals surface area contributed by atoms with Crippen LogP contribution in [0.4, 0.5) is 0 Å². The number of carbonyl (C=O) groups is 3. The smallest absolute Gasteiger partial charge is 0.350 e. The molecule has 1 aliphatic heterocycles. The fourth-order valence-corrected chi connectivity index (χ4v) is 4.02. The van der Waals surface area contributed by atoms with Crippen molar-refractivity contribution >= 4 is 39.2 Å². The second kappa shape index (κ2) is 5.82. The number of aryl methyl sites for hydroxylation is 1.